The molecule has 0 unspecified atom stereocenters. The minimum absolute atomic E-state index is 0.0140. The van der Waals surface area contributed by atoms with E-state index in [0.29, 0.717) is 33.5 Å². The quantitative estimate of drug-likeness (QED) is 0.269. The molecule has 13 heteroatoms. The topological polar surface area (TPSA) is 123 Å². The number of nitriles is 1. The molecular weight excluding hydrogens is 602 g/mol. The highest BCUT2D eigenvalue weighted by Crippen LogP contribution is 2.50. The van der Waals surface area contributed by atoms with Crippen LogP contribution in [0.3, 0.4) is 0 Å². The van der Waals surface area contributed by atoms with Crippen molar-refractivity contribution in [2.24, 2.45) is 0 Å². The molecule has 2 aromatic carbocycles. The summed E-state index contributed by atoms with van der Waals surface area (Å²) in [4.78, 5) is 36.5. The molecule has 0 fully saturated rings. The predicted octanol–water partition coefficient (Wildman–Crippen LogP) is 4.85. The Labute approximate surface area is 266 Å². The highest BCUT2D eigenvalue weighted by atomic mass is 35.5. The first kappa shape index (κ1) is 31.4. The van der Waals surface area contributed by atoms with E-state index in [-0.39, 0.29) is 41.3 Å². The summed E-state index contributed by atoms with van der Waals surface area (Å²) in [7, 11) is 4.17. The highest BCUT2D eigenvalue weighted by Gasteiger charge is 2.36. The molecule has 2 aliphatic rings. The number of amides is 3. The van der Waals surface area contributed by atoms with Crippen LogP contribution in [0, 0.1) is 11.3 Å². The Hall–Kier alpha value is -4.02. The smallest absolute Gasteiger partial charge is 0.327 e. The zero-order valence-corrected chi connectivity index (χ0v) is 26.4. The van der Waals surface area contributed by atoms with Crippen LogP contribution in [0.2, 0.25) is 5.02 Å². The number of hydrogen-bond donors (Lipinski definition) is 2. The van der Waals surface area contributed by atoms with Crippen LogP contribution >= 0.6 is 23.4 Å². The van der Waals surface area contributed by atoms with Gasteiger partial charge in [0.1, 0.15) is 16.8 Å². The molecule has 230 valence electrons. The van der Waals surface area contributed by atoms with Gasteiger partial charge in [-0.25, -0.2) is 9.78 Å². The first-order chi connectivity index (χ1) is 21.3. The van der Waals surface area contributed by atoms with Crippen molar-refractivity contribution >= 4 is 52.4 Å². The maximum absolute atomic E-state index is 13.2. The molecule has 5 rings (SSSR count). The molecule has 2 N–H and O–H groups in total. The lowest BCUT2D eigenvalue weighted by Gasteiger charge is -2.32. The SMILES string of the molecule is CCN(CCc1ccc(NC(=O)CSc2ncc(C#N)c3c2CNC(=O)N3c2c(Cl)ccc3c2OCO3)cc1)CCN(C)C. The standard InChI is InChI=1S/C31H34ClN7O4S/c1-4-38(14-13-37(2)3)12-11-20-5-7-22(8-6-20)36-26(40)18-44-30-23-17-35-31(41)39(27(23)21(15-33)16-34-30)28-24(32)9-10-25-29(28)43-19-42-25/h5-10,16H,4,11-14,17-19H2,1-3H3,(H,35,41)(H,36,40). The van der Waals surface area contributed by atoms with Crippen LogP contribution in [-0.4, -0.2) is 79.5 Å². The van der Waals surface area contributed by atoms with E-state index in [1.165, 1.54) is 28.4 Å². The molecule has 11 nitrogen and oxygen atoms in total. The minimum Gasteiger partial charge on any atom is -0.454 e. The second-order valence-electron chi connectivity index (χ2n) is 10.6. The molecular formula is C31H34ClN7O4S. The van der Waals surface area contributed by atoms with Crippen LogP contribution in [0.1, 0.15) is 23.6 Å². The number of pyridine rings is 1. The summed E-state index contributed by atoms with van der Waals surface area (Å²) in [5.74, 6) is 0.637. The summed E-state index contributed by atoms with van der Waals surface area (Å²) < 4.78 is 11.1. The number of nitrogens with one attached hydrogen (secondary N) is 2. The molecule has 0 radical (unpaired) electrons. The van der Waals surface area contributed by atoms with Gasteiger partial charge in [-0.1, -0.05) is 42.4 Å². The number of anilines is 3. The largest absolute Gasteiger partial charge is 0.454 e. The van der Waals surface area contributed by atoms with Gasteiger partial charge < -0.3 is 29.9 Å². The van der Waals surface area contributed by atoms with Crippen molar-refractivity contribution in [3.8, 4) is 17.6 Å². The normalized spacial score (nSPS) is 13.6. The molecule has 3 heterocycles. The second kappa shape index (κ2) is 14.2. The van der Waals surface area contributed by atoms with E-state index < -0.39 is 6.03 Å². The number of rotatable bonds is 12. The minimum atomic E-state index is -0.473. The van der Waals surface area contributed by atoms with Gasteiger partial charge >= 0.3 is 6.03 Å². The Kier molecular flexibility index (Phi) is 10.1. The second-order valence-corrected chi connectivity index (χ2v) is 11.9. The Balaban J connectivity index is 1.26. The third-order valence-electron chi connectivity index (χ3n) is 7.37. The van der Waals surface area contributed by atoms with Crippen LogP contribution < -0.4 is 25.0 Å². The van der Waals surface area contributed by atoms with E-state index in [0.717, 1.165) is 32.6 Å². The molecule has 3 amide bonds. The van der Waals surface area contributed by atoms with Gasteiger partial charge in [0, 0.05) is 43.6 Å². The third kappa shape index (κ3) is 7.03. The van der Waals surface area contributed by atoms with Crippen molar-refractivity contribution < 1.29 is 19.1 Å². The molecule has 2 aliphatic heterocycles. The van der Waals surface area contributed by atoms with Crippen molar-refractivity contribution in [1.82, 2.24) is 20.1 Å². The number of urea groups is 1. The summed E-state index contributed by atoms with van der Waals surface area (Å²) in [6.45, 7) is 6.34. The van der Waals surface area contributed by atoms with Crippen molar-refractivity contribution in [2.75, 3.05) is 63.0 Å². The van der Waals surface area contributed by atoms with E-state index >= 15 is 0 Å². The van der Waals surface area contributed by atoms with Gasteiger partial charge in [0.2, 0.25) is 12.7 Å². The van der Waals surface area contributed by atoms with Gasteiger partial charge in [-0.3, -0.25) is 9.69 Å². The molecule has 0 bridgehead atoms. The number of benzene rings is 2. The average molecular weight is 636 g/mol. The highest BCUT2D eigenvalue weighted by molar-refractivity contribution is 8.00. The summed E-state index contributed by atoms with van der Waals surface area (Å²) in [5.41, 5.74) is 3.33. The van der Waals surface area contributed by atoms with Crippen molar-refractivity contribution in [3.63, 3.8) is 0 Å². The molecule has 0 aliphatic carbocycles. The van der Waals surface area contributed by atoms with Gasteiger partial charge in [-0.15, -0.1) is 0 Å². The summed E-state index contributed by atoms with van der Waals surface area (Å²) in [6.07, 6.45) is 2.34. The summed E-state index contributed by atoms with van der Waals surface area (Å²) in [6, 6.07) is 12.8. The molecule has 0 spiro atoms. The zero-order chi connectivity index (χ0) is 31.2. The number of fused-ring (bicyclic) bond motifs is 2. The van der Waals surface area contributed by atoms with Crippen molar-refractivity contribution in [2.45, 2.75) is 24.9 Å². The fourth-order valence-corrected chi connectivity index (χ4v) is 6.03. The third-order valence-corrected chi connectivity index (χ3v) is 8.70. The molecule has 44 heavy (non-hydrogen) atoms. The first-order valence-corrected chi connectivity index (χ1v) is 15.6. The fraction of sp³-hybridized carbons (Fsp3) is 0.355. The maximum Gasteiger partial charge on any atom is 0.327 e. The first-order valence-electron chi connectivity index (χ1n) is 14.3. The van der Waals surface area contributed by atoms with Crippen LogP contribution in [0.4, 0.5) is 21.9 Å². The van der Waals surface area contributed by atoms with E-state index in [2.05, 4.69) is 52.5 Å². The Morgan fingerprint density at radius 1 is 1.16 bits per heavy atom. The summed E-state index contributed by atoms with van der Waals surface area (Å²) >= 11 is 7.77. The predicted molar refractivity (Wildman–Crippen MR) is 171 cm³/mol. The number of hydrogen-bond acceptors (Lipinski definition) is 9. The number of halogens is 1. The van der Waals surface area contributed by atoms with E-state index in [9.17, 15) is 14.9 Å². The lowest BCUT2D eigenvalue weighted by Crippen LogP contribution is -2.42. The fourth-order valence-electron chi connectivity index (χ4n) is 4.99. The maximum atomic E-state index is 13.2. The van der Waals surface area contributed by atoms with Crippen molar-refractivity contribution in [3.05, 3.63) is 64.3 Å². The molecule has 0 atom stereocenters. The van der Waals surface area contributed by atoms with Gasteiger partial charge in [0.05, 0.1) is 22.0 Å². The van der Waals surface area contributed by atoms with Gasteiger partial charge in [-0.2, -0.15) is 5.26 Å². The zero-order valence-electron chi connectivity index (χ0n) is 24.9. The number of carbonyl (C=O) groups is 2. The monoisotopic (exact) mass is 635 g/mol. The van der Waals surface area contributed by atoms with E-state index in [1.807, 2.05) is 24.3 Å². The number of likely N-dealkylation sites (N-methyl/N-ethyl adjacent to an activating group) is 2. The van der Waals surface area contributed by atoms with Gasteiger partial charge in [-0.05, 0) is 56.9 Å². The summed E-state index contributed by atoms with van der Waals surface area (Å²) in [5, 5.41) is 16.4. The van der Waals surface area contributed by atoms with E-state index in [1.54, 1.807) is 12.1 Å². The molecule has 0 saturated carbocycles. The Bertz CT molecular complexity index is 1580. The molecule has 1 aromatic heterocycles. The lowest BCUT2D eigenvalue weighted by atomic mass is 10.1. The number of carbonyl (C=O) groups excluding carboxylic acids is 2. The van der Waals surface area contributed by atoms with Crippen molar-refractivity contribution in [1.29, 1.82) is 5.26 Å². The van der Waals surface area contributed by atoms with Crippen LogP contribution in [0.25, 0.3) is 0 Å². The van der Waals surface area contributed by atoms with Crippen LogP contribution in [0.5, 0.6) is 11.5 Å². The molecule has 3 aromatic rings. The number of aromatic nitrogens is 1. The molecule has 0 saturated heterocycles. The number of nitrogens with zero attached hydrogens (tertiary/aromatic N) is 5. The number of thioether (sulfide) groups is 1. The lowest BCUT2D eigenvalue weighted by molar-refractivity contribution is -0.113. The van der Waals surface area contributed by atoms with Crippen LogP contribution in [-0.2, 0) is 17.8 Å². The average Bonchev–Trinajstić information content (AvgIpc) is 3.50. The Morgan fingerprint density at radius 3 is 2.68 bits per heavy atom. The van der Waals surface area contributed by atoms with Gasteiger partial charge in [0.15, 0.2) is 11.5 Å². The number of ether oxygens (including phenoxy) is 2. The van der Waals surface area contributed by atoms with Crippen LogP contribution in [0.15, 0.2) is 47.6 Å². The van der Waals surface area contributed by atoms with Gasteiger partial charge in [0.25, 0.3) is 0 Å². The Morgan fingerprint density at radius 2 is 1.95 bits per heavy atom. The van der Waals surface area contributed by atoms with E-state index in [4.69, 9.17) is 21.1 Å².